The highest BCUT2D eigenvalue weighted by molar-refractivity contribution is 5.95. The molecular weight excluding hydrogens is 440 g/mol. The van der Waals surface area contributed by atoms with Crippen LogP contribution in [0.5, 0.6) is 11.5 Å². The topological polar surface area (TPSA) is 98.5 Å². The number of benzene rings is 2. The molecule has 0 radical (unpaired) electrons. The normalized spacial score (nSPS) is 12.0. The van der Waals surface area contributed by atoms with E-state index in [-0.39, 0.29) is 5.91 Å². The van der Waals surface area contributed by atoms with Gasteiger partial charge in [-0.2, -0.15) is 0 Å². The second-order valence-electron chi connectivity index (χ2n) is 8.92. The van der Waals surface area contributed by atoms with Crippen LogP contribution in [0.2, 0.25) is 0 Å². The lowest BCUT2D eigenvalue weighted by Crippen LogP contribution is -2.41. The van der Waals surface area contributed by atoms with Crippen LogP contribution in [0.3, 0.4) is 0 Å². The van der Waals surface area contributed by atoms with E-state index in [1.807, 2.05) is 44.2 Å². The zero-order chi connectivity index (χ0) is 25.4. The number of carbonyl (C=O) groups is 1. The quantitative estimate of drug-likeness (QED) is 0.326. The largest absolute Gasteiger partial charge is 0.490 e. The van der Waals surface area contributed by atoms with E-state index in [9.17, 15) is 4.79 Å². The van der Waals surface area contributed by atoms with E-state index in [2.05, 4.69) is 42.5 Å². The van der Waals surface area contributed by atoms with Gasteiger partial charge in [0.1, 0.15) is 0 Å². The van der Waals surface area contributed by atoms with Crippen molar-refractivity contribution in [2.24, 2.45) is 11.7 Å². The molecule has 0 aliphatic rings. The van der Waals surface area contributed by atoms with Gasteiger partial charge in [-0.05, 0) is 61.9 Å². The fourth-order valence-corrected chi connectivity index (χ4v) is 4.21. The Balaban J connectivity index is 1.89. The van der Waals surface area contributed by atoms with Crippen molar-refractivity contribution >= 4 is 28.2 Å². The van der Waals surface area contributed by atoms with Gasteiger partial charge in [-0.3, -0.25) is 9.78 Å². The summed E-state index contributed by atoms with van der Waals surface area (Å²) in [5, 5.41) is 7.54. The molecule has 35 heavy (non-hydrogen) atoms. The summed E-state index contributed by atoms with van der Waals surface area (Å²) in [5.74, 6) is 1.64. The van der Waals surface area contributed by atoms with Crippen LogP contribution in [-0.4, -0.2) is 30.1 Å². The minimum absolute atomic E-state index is 0.118. The minimum atomic E-state index is -0.495. The van der Waals surface area contributed by atoms with Gasteiger partial charge >= 0.3 is 0 Å². The van der Waals surface area contributed by atoms with E-state index >= 15 is 0 Å². The van der Waals surface area contributed by atoms with Crippen molar-refractivity contribution in [3.8, 4) is 11.5 Å². The molecule has 0 aliphatic carbocycles. The van der Waals surface area contributed by atoms with Crippen molar-refractivity contribution in [3.05, 3.63) is 53.7 Å². The fourth-order valence-electron chi connectivity index (χ4n) is 4.21. The first-order valence-corrected chi connectivity index (χ1v) is 12.5. The molecule has 1 amide bonds. The summed E-state index contributed by atoms with van der Waals surface area (Å²) < 4.78 is 11.6. The number of pyridine rings is 1. The van der Waals surface area contributed by atoms with Crippen molar-refractivity contribution in [3.63, 3.8) is 0 Å². The van der Waals surface area contributed by atoms with Crippen molar-refractivity contribution < 1.29 is 14.3 Å². The summed E-state index contributed by atoms with van der Waals surface area (Å²) in [7, 11) is 0. The molecule has 0 fully saturated rings. The molecule has 1 aromatic heterocycles. The first-order chi connectivity index (χ1) is 16.9. The number of aromatic nitrogens is 1. The number of anilines is 2. The van der Waals surface area contributed by atoms with Crippen LogP contribution in [0, 0.1) is 5.92 Å². The average Bonchev–Trinajstić information content (AvgIpc) is 2.83. The Hall–Kier alpha value is -3.32. The number of carbonyl (C=O) groups excluding carboxylic acids is 1. The van der Waals surface area contributed by atoms with Gasteiger partial charge in [0.25, 0.3) is 0 Å². The van der Waals surface area contributed by atoms with Gasteiger partial charge < -0.3 is 25.8 Å². The Morgan fingerprint density at radius 1 is 1.03 bits per heavy atom. The molecule has 1 heterocycles. The first-order valence-electron chi connectivity index (χ1n) is 12.5. The van der Waals surface area contributed by atoms with Crippen LogP contribution in [0.4, 0.5) is 11.4 Å². The van der Waals surface area contributed by atoms with Crippen LogP contribution < -0.4 is 25.8 Å². The van der Waals surface area contributed by atoms with E-state index in [0.29, 0.717) is 43.6 Å². The van der Waals surface area contributed by atoms with E-state index in [1.54, 1.807) is 6.20 Å². The standard InChI is InChI=1S/C28H38N4O3/c1-6-20-19(17-31-28(33)22(29)14-18(4)5)10-9-11-23(20)32-24-12-13-30-25-16-27(35-8-3)26(34-7-2)15-21(24)25/h9-13,15-16,18,22H,6-8,14,17,29H2,1-5H3,(H,30,32)(H,31,33)/t22-/m1/s1. The van der Waals surface area contributed by atoms with Gasteiger partial charge in [-0.1, -0.05) is 32.9 Å². The number of hydrogen-bond donors (Lipinski definition) is 3. The predicted molar refractivity (Wildman–Crippen MR) is 142 cm³/mol. The molecule has 0 aliphatic heterocycles. The molecule has 0 spiro atoms. The molecule has 188 valence electrons. The molecule has 0 saturated carbocycles. The van der Waals surface area contributed by atoms with Crippen molar-refractivity contribution in [1.82, 2.24) is 10.3 Å². The first kappa shape index (κ1) is 26.3. The number of nitrogens with two attached hydrogens (primary N) is 1. The zero-order valence-electron chi connectivity index (χ0n) is 21.5. The maximum Gasteiger partial charge on any atom is 0.237 e. The number of ether oxygens (including phenoxy) is 2. The van der Waals surface area contributed by atoms with Crippen LogP contribution in [0.15, 0.2) is 42.6 Å². The maximum absolute atomic E-state index is 12.5. The van der Waals surface area contributed by atoms with Crippen LogP contribution in [0.1, 0.15) is 52.2 Å². The van der Waals surface area contributed by atoms with E-state index in [0.717, 1.165) is 39.8 Å². The zero-order valence-corrected chi connectivity index (χ0v) is 21.5. The minimum Gasteiger partial charge on any atom is -0.490 e. The van der Waals surface area contributed by atoms with Gasteiger partial charge in [-0.15, -0.1) is 0 Å². The Labute approximate surface area is 208 Å². The molecule has 1 atom stereocenters. The smallest absolute Gasteiger partial charge is 0.237 e. The molecule has 0 saturated heterocycles. The highest BCUT2D eigenvalue weighted by Crippen LogP contribution is 2.36. The SMILES string of the molecule is CCOc1cc2nccc(Nc3cccc(CNC(=O)[C@H](N)CC(C)C)c3CC)c2cc1OCC. The van der Waals surface area contributed by atoms with Crippen LogP contribution in [-0.2, 0) is 17.8 Å². The van der Waals surface area contributed by atoms with Crippen LogP contribution in [0.25, 0.3) is 10.9 Å². The predicted octanol–water partition coefficient (Wildman–Crippen LogP) is 5.33. The van der Waals surface area contributed by atoms with Gasteiger partial charge in [0.15, 0.2) is 11.5 Å². The Morgan fingerprint density at radius 3 is 2.40 bits per heavy atom. The number of rotatable bonds is 12. The Bertz CT molecular complexity index is 1150. The summed E-state index contributed by atoms with van der Waals surface area (Å²) in [6.07, 6.45) is 3.26. The summed E-state index contributed by atoms with van der Waals surface area (Å²) in [6, 6.07) is 11.5. The molecule has 7 heteroatoms. The molecule has 0 bridgehead atoms. The van der Waals surface area contributed by atoms with Crippen LogP contribution >= 0.6 is 0 Å². The maximum atomic E-state index is 12.5. The second-order valence-corrected chi connectivity index (χ2v) is 8.92. The monoisotopic (exact) mass is 478 g/mol. The summed E-state index contributed by atoms with van der Waals surface area (Å²) >= 11 is 0. The highest BCUT2D eigenvalue weighted by Gasteiger charge is 2.16. The third-order valence-corrected chi connectivity index (χ3v) is 5.82. The van der Waals surface area contributed by atoms with Gasteiger partial charge in [0, 0.05) is 35.6 Å². The lowest BCUT2D eigenvalue weighted by Gasteiger charge is -2.19. The Kier molecular flexibility index (Phi) is 9.32. The fraction of sp³-hybridized carbons (Fsp3) is 0.429. The number of fused-ring (bicyclic) bond motifs is 1. The molecule has 2 aromatic carbocycles. The number of hydrogen-bond acceptors (Lipinski definition) is 6. The lowest BCUT2D eigenvalue weighted by atomic mass is 10.0. The molecule has 0 unspecified atom stereocenters. The van der Waals surface area contributed by atoms with E-state index < -0.39 is 6.04 Å². The van der Waals surface area contributed by atoms with Gasteiger partial charge in [0.2, 0.25) is 5.91 Å². The average molecular weight is 479 g/mol. The number of amides is 1. The van der Waals surface area contributed by atoms with E-state index in [1.165, 1.54) is 0 Å². The summed E-state index contributed by atoms with van der Waals surface area (Å²) in [5.41, 5.74) is 11.0. The summed E-state index contributed by atoms with van der Waals surface area (Å²) in [4.78, 5) is 17.0. The molecular formula is C28H38N4O3. The van der Waals surface area contributed by atoms with E-state index in [4.69, 9.17) is 15.2 Å². The van der Waals surface area contributed by atoms with Crippen molar-refractivity contribution in [2.45, 2.75) is 60.0 Å². The molecule has 3 rings (SSSR count). The van der Waals surface area contributed by atoms with Crippen molar-refractivity contribution in [1.29, 1.82) is 0 Å². The van der Waals surface area contributed by atoms with Gasteiger partial charge in [-0.25, -0.2) is 0 Å². The molecule has 7 nitrogen and oxygen atoms in total. The molecule has 4 N–H and O–H groups in total. The highest BCUT2D eigenvalue weighted by atomic mass is 16.5. The number of nitrogens with zero attached hydrogens (tertiary/aromatic N) is 1. The second kappa shape index (κ2) is 12.4. The molecule has 3 aromatic rings. The third-order valence-electron chi connectivity index (χ3n) is 5.82. The van der Waals surface area contributed by atoms with Crippen molar-refractivity contribution in [2.75, 3.05) is 18.5 Å². The lowest BCUT2D eigenvalue weighted by molar-refractivity contribution is -0.122. The third kappa shape index (κ3) is 6.63. The number of nitrogens with one attached hydrogen (secondary N) is 2. The summed E-state index contributed by atoms with van der Waals surface area (Å²) in [6.45, 7) is 11.7. The van der Waals surface area contributed by atoms with Gasteiger partial charge in [0.05, 0.1) is 24.8 Å². The Morgan fingerprint density at radius 2 is 1.74 bits per heavy atom.